The number of hydrogen-bond acceptors (Lipinski definition) is 3. The Hall–Kier alpha value is -2.23. The largest absolute Gasteiger partial charge is 0.352 e. The molecular weight excluding hydrogens is 286 g/mol. The van der Waals surface area contributed by atoms with Gasteiger partial charge in [0, 0.05) is 37.1 Å². The Balaban J connectivity index is 1.61. The van der Waals surface area contributed by atoms with Crippen molar-refractivity contribution in [1.82, 2.24) is 15.3 Å². The molecule has 2 aromatic rings. The third-order valence-electron chi connectivity index (χ3n) is 4.52. The molecule has 0 aromatic carbocycles. The molecule has 0 spiro atoms. The standard InChI is InChI=1S/C19H23N3O/c23-18(13-15-5-2-1-3-6-15)22-14-17-7-4-10-21-19(17)16-8-11-20-12-9-16/h4,7-12,15H,1-3,5-6,13-14H2,(H,22,23). The van der Waals surface area contributed by atoms with E-state index in [1.807, 2.05) is 24.3 Å². The van der Waals surface area contributed by atoms with E-state index in [9.17, 15) is 4.79 Å². The van der Waals surface area contributed by atoms with Crippen LogP contribution in [-0.2, 0) is 11.3 Å². The highest BCUT2D eigenvalue weighted by atomic mass is 16.1. The maximum atomic E-state index is 12.2. The maximum absolute atomic E-state index is 12.2. The number of nitrogens with zero attached hydrogens (tertiary/aromatic N) is 2. The number of carbonyl (C=O) groups excluding carboxylic acids is 1. The van der Waals surface area contributed by atoms with Crippen LogP contribution in [0.2, 0.25) is 0 Å². The Morgan fingerprint density at radius 3 is 2.65 bits per heavy atom. The molecule has 1 amide bonds. The van der Waals surface area contributed by atoms with Gasteiger partial charge in [-0.3, -0.25) is 14.8 Å². The van der Waals surface area contributed by atoms with Crippen LogP contribution in [0.4, 0.5) is 0 Å². The van der Waals surface area contributed by atoms with E-state index in [1.165, 1.54) is 32.1 Å². The number of pyridine rings is 2. The van der Waals surface area contributed by atoms with Crippen molar-refractivity contribution in [2.45, 2.75) is 45.1 Å². The molecule has 3 rings (SSSR count). The molecule has 0 unspecified atom stereocenters. The van der Waals surface area contributed by atoms with E-state index < -0.39 is 0 Å². The predicted octanol–water partition coefficient (Wildman–Crippen LogP) is 3.73. The highest BCUT2D eigenvalue weighted by Crippen LogP contribution is 2.26. The molecular formula is C19H23N3O. The van der Waals surface area contributed by atoms with Gasteiger partial charge in [-0.15, -0.1) is 0 Å². The van der Waals surface area contributed by atoms with Gasteiger partial charge >= 0.3 is 0 Å². The summed E-state index contributed by atoms with van der Waals surface area (Å²) in [6.45, 7) is 0.525. The monoisotopic (exact) mass is 309 g/mol. The van der Waals surface area contributed by atoms with Gasteiger partial charge in [0.2, 0.25) is 5.91 Å². The molecule has 2 heterocycles. The highest BCUT2D eigenvalue weighted by Gasteiger charge is 2.17. The second kappa shape index (κ2) is 7.86. The predicted molar refractivity (Wildman–Crippen MR) is 90.5 cm³/mol. The van der Waals surface area contributed by atoms with Crippen molar-refractivity contribution < 1.29 is 4.79 Å². The summed E-state index contributed by atoms with van der Waals surface area (Å²) in [6, 6.07) is 7.81. The zero-order chi connectivity index (χ0) is 15.9. The molecule has 0 radical (unpaired) electrons. The topological polar surface area (TPSA) is 54.9 Å². The van der Waals surface area contributed by atoms with Crippen LogP contribution in [0.25, 0.3) is 11.3 Å². The molecule has 120 valence electrons. The summed E-state index contributed by atoms with van der Waals surface area (Å²) in [5.41, 5.74) is 2.97. The molecule has 1 saturated carbocycles. The Morgan fingerprint density at radius 2 is 1.87 bits per heavy atom. The minimum absolute atomic E-state index is 0.154. The number of nitrogens with one attached hydrogen (secondary N) is 1. The van der Waals surface area contributed by atoms with E-state index in [4.69, 9.17) is 0 Å². The molecule has 1 aliphatic carbocycles. The smallest absolute Gasteiger partial charge is 0.220 e. The van der Waals surface area contributed by atoms with Crippen LogP contribution in [0.15, 0.2) is 42.9 Å². The Labute approximate surface area is 137 Å². The summed E-state index contributed by atoms with van der Waals surface area (Å²) in [5, 5.41) is 3.06. The average Bonchev–Trinajstić information content (AvgIpc) is 2.62. The summed E-state index contributed by atoms with van der Waals surface area (Å²) in [4.78, 5) is 20.7. The Morgan fingerprint density at radius 1 is 1.09 bits per heavy atom. The first-order valence-electron chi connectivity index (χ1n) is 8.44. The van der Waals surface area contributed by atoms with Gasteiger partial charge < -0.3 is 5.32 Å². The number of aromatic nitrogens is 2. The number of hydrogen-bond donors (Lipinski definition) is 1. The van der Waals surface area contributed by atoms with Crippen LogP contribution in [-0.4, -0.2) is 15.9 Å². The Kier molecular flexibility index (Phi) is 5.35. The lowest BCUT2D eigenvalue weighted by Gasteiger charge is -2.21. The molecule has 0 atom stereocenters. The molecule has 4 heteroatoms. The third-order valence-corrected chi connectivity index (χ3v) is 4.52. The zero-order valence-corrected chi connectivity index (χ0v) is 13.4. The lowest BCUT2D eigenvalue weighted by molar-refractivity contribution is -0.122. The summed E-state index contributed by atoms with van der Waals surface area (Å²) in [7, 11) is 0. The van der Waals surface area contributed by atoms with E-state index in [-0.39, 0.29) is 5.91 Å². The molecule has 4 nitrogen and oxygen atoms in total. The van der Waals surface area contributed by atoms with E-state index >= 15 is 0 Å². The first-order valence-corrected chi connectivity index (χ1v) is 8.44. The maximum Gasteiger partial charge on any atom is 0.220 e. The first-order chi connectivity index (χ1) is 11.3. The van der Waals surface area contributed by atoms with Crippen molar-refractivity contribution in [3.8, 4) is 11.3 Å². The van der Waals surface area contributed by atoms with Gasteiger partial charge in [0.15, 0.2) is 0 Å². The van der Waals surface area contributed by atoms with Crippen molar-refractivity contribution >= 4 is 5.91 Å². The van der Waals surface area contributed by atoms with Crippen molar-refractivity contribution in [1.29, 1.82) is 0 Å². The molecule has 0 aliphatic heterocycles. The Bertz CT molecular complexity index is 636. The average molecular weight is 309 g/mol. The van der Waals surface area contributed by atoms with E-state index in [1.54, 1.807) is 18.6 Å². The SMILES string of the molecule is O=C(CC1CCCCC1)NCc1cccnc1-c1ccncc1. The summed E-state index contributed by atoms with van der Waals surface area (Å²) >= 11 is 0. The molecule has 1 N–H and O–H groups in total. The number of carbonyl (C=O) groups is 1. The second-order valence-electron chi connectivity index (χ2n) is 6.23. The minimum Gasteiger partial charge on any atom is -0.352 e. The van der Waals surface area contributed by atoms with Gasteiger partial charge in [-0.2, -0.15) is 0 Å². The number of amides is 1. The van der Waals surface area contributed by atoms with E-state index in [2.05, 4.69) is 15.3 Å². The first kappa shape index (κ1) is 15.7. The van der Waals surface area contributed by atoms with Crippen LogP contribution >= 0.6 is 0 Å². The zero-order valence-electron chi connectivity index (χ0n) is 13.4. The molecule has 2 aromatic heterocycles. The lowest BCUT2D eigenvalue weighted by Crippen LogP contribution is -2.26. The molecule has 1 aliphatic rings. The van der Waals surface area contributed by atoms with Gasteiger partial charge in [0.1, 0.15) is 0 Å². The lowest BCUT2D eigenvalue weighted by atomic mass is 9.87. The van der Waals surface area contributed by atoms with Gasteiger partial charge in [-0.1, -0.05) is 25.3 Å². The fourth-order valence-corrected chi connectivity index (χ4v) is 3.27. The van der Waals surface area contributed by atoms with E-state index in [0.717, 1.165) is 16.8 Å². The van der Waals surface area contributed by atoms with Crippen LogP contribution in [0, 0.1) is 5.92 Å². The van der Waals surface area contributed by atoms with Gasteiger partial charge in [0.05, 0.1) is 5.69 Å². The normalized spacial score (nSPS) is 15.3. The summed E-state index contributed by atoms with van der Waals surface area (Å²) in [5.74, 6) is 0.721. The quantitative estimate of drug-likeness (QED) is 0.915. The van der Waals surface area contributed by atoms with Gasteiger partial charge in [-0.05, 0) is 42.5 Å². The third kappa shape index (κ3) is 4.38. The molecule has 1 fully saturated rings. The van der Waals surface area contributed by atoms with Crippen LogP contribution in [0.3, 0.4) is 0 Å². The van der Waals surface area contributed by atoms with Crippen molar-refractivity contribution in [2.24, 2.45) is 5.92 Å². The highest BCUT2D eigenvalue weighted by molar-refractivity contribution is 5.76. The molecule has 0 saturated heterocycles. The fraction of sp³-hybridized carbons (Fsp3) is 0.421. The molecule has 23 heavy (non-hydrogen) atoms. The van der Waals surface area contributed by atoms with E-state index in [0.29, 0.717) is 18.9 Å². The van der Waals surface area contributed by atoms with Crippen LogP contribution < -0.4 is 5.32 Å². The fourth-order valence-electron chi connectivity index (χ4n) is 3.27. The second-order valence-corrected chi connectivity index (χ2v) is 6.23. The minimum atomic E-state index is 0.154. The molecule has 0 bridgehead atoms. The number of rotatable bonds is 5. The van der Waals surface area contributed by atoms with Crippen LogP contribution in [0.5, 0.6) is 0 Å². The van der Waals surface area contributed by atoms with Crippen molar-refractivity contribution in [2.75, 3.05) is 0 Å². The van der Waals surface area contributed by atoms with Crippen molar-refractivity contribution in [3.63, 3.8) is 0 Å². The van der Waals surface area contributed by atoms with Crippen molar-refractivity contribution in [3.05, 3.63) is 48.4 Å². The summed E-state index contributed by atoms with van der Waals surface area (Å²) < 4.78 is 0. The van der Waals surface area contributed by atoms with Crippen LogP contribution in [0.1, 0.15) is 44.1 Å². The summed E-state index contributed by atoms with van der Waals surface area (Å²) in [6.07, 6.45) is 12.2. The van der Waals surface area contributed by atoms with Gasteiger partial charge in [0.25, 0.3) is 0 Å². The van der Waals surface area contributed by atoms with Gasteiger partial charge in [-0.25, -0.2) is 0 Å².